The van der Waals surface area contributed by atoms with E-state index in [1.807, 2.05) is 0 Å². The molecule has 0 saturated carbocycles. The lowest BCUT2D eigenvalue weighted by atomic mass is 9.81. The lowest BCUT2D eigenvalue weighted by Gasteiger charge is -2.27. The fraction of sp³-hybridized carbons (Fsp3) is 0.833. The molecule has 0 aromatic rings. The summed E-state index contributed by atoms with van der Waals surface area (Å²) in [6, 6.07) is -5.08. The Morgan fingerprint density at radius 2 is 1.30 bits per heavy atom. The third kappa shape index (κ3) is 16.9. The van der Waals surface area contributed by atoms with E-state index in [-0.39, 0.29) is 25.1 Å². The molecule has 250 valence electrons. The number of nitrogens with one attached hydrogen (secondary N) is 6. The Hall–Kier alpha value is -2.39. The van der Waals surface area contributed by atoms with Crippen molar-refractivity contribution in [3.8, 4) is 0 Å². The van der Waals surface area contributed by atoms with E-state index in [2.05, 4.69) is 31.3 Å². The predicted octanol–water partition coefficient (Wildman–Crippen LogP) is -4.88. The van der Waals surface area contributed by atoms with Gasteiger partial charge in [0.2, 0.25) is 33.7 Å². The lowest BCUT2D eigenvalue weighted by Crippen LogP contribution is -2.60. The van der Waals surface area contributed by atoms with Gasteiger partial charge in [-0.2, -0.15) is 0 Å². The average molecular weight is 639 g/mol. The number of amides is 4. The number of nitrogens with two attached hydrogens (primary N) is 2. The van der Waals surface area contributed by atoms with Crippen LogP contribution >= 0.6 is 0 Å². The molecule has 43 heavy (non-hydrogen) atoms. The molecule has 0 spiro atoms. The first kappa shape index (κ1) is 40.6. The van der Waals surface area contributed by atoms with Gasteiger partial charge >= 0.3 is 7.12 Å². The van der Waals surface area contributed by atoms with Crippen LogP contribution in [0.1, 0.15) is 59.3 Å². The molecule has 6 atom stereocenters. The number of unbranched alkanes of at least 4 members (excludes halogenated alkanes) is 2. The monoisotopic (exact) mass is 638 g/mol. The largest absolute Gasteiger partial charge is 0.475 e. The van der Waals surface area contributed by atoms with Crippen LogP contribution in [0.4, 0.5) is 0 Å². The molecule has 13 N–H and O–H groups in total. The standard InChI is InChI=1S/C24H51BN8O9S/c1-15(21(35)31-18(9-5-7-11-26)22(36)30-17(3)25(39)40)29-24(38)20(16(2)34)32-23(37)19(10-6-8-12-27)33-43(41,42)14-13-28-4/h15-20,28,33-34,39-40H,5-14,26-27H2,1-4H3,(H,29,38)(H,30,36)(H,31,35)(H,32,37). The summed E-state index contributed by atoms with van der Waals surface area (Å²) in [5.74, 6) is -4.50. The van der Waals surface area contributed by atoms with Crippen molar-refractivity contribution < 1.29 is 42.8 Å². The molecule has 0 aliphatic carbocycles. The maximum absolute atomic E-state index is 13.1. The summed E-state index contributed by atoms with van der Waals surface area (Å²) in [4.78, 5) is 51.6. The van der Waals surface area contributed by atoms with Crippen LogP contribution in [0.5, 0.6) is 0 Å². The minimum absolute atomic E-state index is 0.0916. The summed E-state index contributed by atoms with van der Waals surface area (Å²) >= 11 is 0. The molecular formula is C24H51BN8O9S. The van der Waals surface area contributed by atoms with Crippen molar-refractivity contribution in [3.63, 3.8) is 0 Å². The predicted molar refractivity (Wildman–Crippen MR) is 161 cm³/mol. The summed E-state index contributed by atoms with van der Waals surface area (Å²) in [5.41, 5.74) is 11.0. The van der Waals surface area contributed by atoms with Gasteiger partial charge in [-0.05, 0) is 73.0 Å². The summed E-state index contributed by atoms with van der Waals surface area (Å²) in [5, 5.41) is 41.1. The van der Waals surface area contributed by atoms with E-state index in [0.29, 0.717) is 38.8 Å². The Morgan fingerprint density at radius 3 is 1.79 bits per heavy atom. The normalized spacial score (nSPS) is 15.7. The smallest absolute Gasteiger partial charge is 0.426 e. The third-order valence-corrected chi connectivity index (χ3v) is 7.80. The molecule has 19 heteroatoms. The molecule has 0 radical (unpaired) electrons. The molecule has 0 heterocycles. The number of carbonyl (C=O) groups is 4. The van der Waals surface area contributed by atoms with Gasteiger partial charge < -0.3 is 53.2 Å². The summed E-state index contributed by atoms with van der Waals surface area (Å²) in [7, 11) is -4.10. The van der Waals surface area contributed by atoms with Crippen LogP contribution in [0.2, 0.25) is 0 Å². The van der Waals surface area contributed by atoms with E-state index >= 15 is 0 Å². The molecule has 0 aromatic carbocycles. The molecule has 17 nitrogen and oxygen atoms in total. The van der Waals surface area contributed by atoms with E-state index < -0.39 is 77.0 Å². The fourth-order valence-corrected chi connectivity index (χ4v) is 4.98. The van der Waals surface area contributed by atoms with Crippen molar-refractivity contribution in [1.82, 2.24) is 31.3 Å². The van der Waals surface area contributed by atoms with Gasteiger partial charge in [0.25, 0.3) is 0 Å². The highest BCUT2D eigenvalue weighted by Gasteiger charge is 2.33. The number of aliphatic hydroxyl groups excluding tert-OH is 1. The van der Waals surface area contributed by atoms with Gasteiger partial charge in [0.15, 0.2) is 0 Å². The van der Waals surface area contributed by atoms with Gasteiger partial charge in [-0.25, -0.2) is 13.1 Å². The summed E-state index contributed by atoms with van der Waals surface area (Å²) in [6.45, 7) is 4.77. The van der Waals surface area contributed by atoms with Crippen molar-refractivity contribution in [1.29, 1.82) is 0 Å². The zero-order valence-corrected chi connectivity index (χ0v) is 26.3. The molecular weight excluding hydrogens is 587 g/mol. The third-order valence-electron chi connectivity index (χ3n) is 6.42. The second-order valence-electron chi connectivity index (χ2n) is 10.4. The minimum atomic E-state index is -3.86. The maximum atomic E-state index is 13.1. The van der Waals surface area contributed by atoms with Crippen LogP contribution in [-0.4, -0.2) is 123 Å². The molecule has 0 fully saturated rings. The van der Waals surface area contributed by atoms with Gasteiger partial charge in [0.1, 0.15) is 24.2 Å². The topological polar surface area (TPSA) is 287 Å². The minimum Gasteiger partial charge on any atom is -0.426 e. The number of hydrogen-bond acceptors (Lipinski definition) is 12. The highest BCUT2D eigenvalue weighted by atomic mass is 32.2. The molecule has 0 aliphatic rings. The fourth-order valence-electron chi connectivity index (χ4n) is 3.73. The molecule has 6 unspecified atom stereocenters. The van der Waals surface area contributed by atoms with Crippen LogP contribution in [0, 0.1) is 0 Å². The highest BCUT2D eigenvalue weighted by molar-refractivity contribution is 7.89. The van der Waals surface area contributed by atoms with Gasteiger partial charge in [0.05, 0.1) is 17.8 Å². The number of aliphatic hydroxyl groups is 1. The average Bonchev–Trinajstić information content (AvgIpc) is 2.93. The Morgan fingerprint density at radius 1 is 0.767 bits per heavy atom. The van der Waals surface area contributed by atoms with E-state index in [9.17, 15) is 42.8 Å². The van der Waals surface area contributed by atoms with E-state index in [0.717, 1.165) is 0 Å². The summed E-state index contributed by atoms with van der Waals surface area (Å²) in [6.07, 6.45) is 0.846. The Bertz CT molecular complexity index is 974. The van der Waals surface area contributed by atoms with E-state index in [1.54, 1.807) is 7.05 Å². The van der Waals surface area contributed by atoms with Gasteiger partial charge in [-0.3, -0.25) is 19.2 Å². The zero-order chi connectivity index (χ0) is 33.2. The molecule has 0 aromatic heterocycles. The van der Waals surface area contributed by atoms with Gasteiger partial charge in [0, 0.05) is 6.54 Å². The van der Waals surface area contributed by atoms with Crippen LogP contribution in [0.15, 0.2) is 0 Å². The Balaban J connectivity index is 5.56. The van der Waals surface area contributed by atoms with Gasteiger partial charge in [-0.1, -0.05) is 6.42 Å². The molecule has 4 amide bonds. The van der Waals surface area contributed by atoms with Crippen molar-refractivity contribution >= 4 is 40.8 Å². The van der Waals surface area contributed by atoms with E-state index in [4.69, 9.17) is 11.5 Å². The second-order valence-corrected chi connectivity index (χ2v) is 12.3. The number of carbonyl (C=O) groups excluding carboxylic acids is 4. The molecule has 0 rings (SSSR count). The quantitative estimate of drug-likeness (QED) is 0.0371. The lowest BCUT2D eigenvalue weighted by molar-refractivity contribution is -0.135. The molecule has 0 aliphatic heterocycles. The first-order valence-corrected chi connectivity index (χ1v) is 16.1. The molecule has 0 bridgehead atoms. The van der Waals surface area contributed by atoms with Crippen molar-refractivity contribution in [2.24, 2.45) is 11.5 Å². The number of sulfonamides is 1. The SMILES string of the molecule is CNCCS(=O)(=O)NC(CCCCN)C(=O)NC(C(=O)NC(C)C(=O)NC(CCCCN)C(=O)NC(C)B(O)O)C(C)O. The first-order valence-electron chi connectivity index (χ1n) is 14.4. The van der Waals surface area contributed by atoms with Crippen LogP contribution in [0.3, 0.4) is 0 Å². The zero-order valence-electron chi connectivity index (χ0n) is 25.5. The number of rotatable bonds is 23. The van der Waals surface area contributed by atoms with Crippen molar-refractivity contribution in [2.45, 2.75) is 95.5 Å². The van der Waals surface area contributed by atoms with Crippen LogP contribution < -0.4 is 42.8 Å². The van der Waals surface area contributed by atoms with E-state index in [1.165, 1.54) is 20.8 Å². The summed E-state index contributed by atoms with van der Waals surface area (Å²) < 4.78 is 27.2. The van der Waals surface area contributed by atoms with Crippen molar-refractivity contribution in [3.05, 3.63) is 0 Å². The maximum Gasteiger partial charge on any atom is 0.475 e. The van der Waals surface area contributed by atoms with Crippen LogP contribution in [-0.2, 0) is 29.2 Å². The molecule has 0 saturated heterocycles. The van der Waals surface area contributed by atoms with Gasteiger partial charge in [-0.15, -0.1) is 0 Å². The Labute approximate surface area is 254 Å². The van der Waals surface area contributed by atoms with Crippen molar-refractivity contribution in [2.75, 3.05) is 32.4 Å². The van der Waals surface area contributed by atoms with Crippen LogP contribution in [0.25, 0.3) is 0 Å². The first-order chi connectivity index (χ1) is 20.1. The highest BCUT2D eigenvalue weighted by Crippen LogP contribution is 2.06. The number of hydrogen-bond donors (Lipinski definition) is 11. The second kappa shape index (κ2) is 21.3. The Kier molecular flexibility index (Phi) is 20.2.